The molecule has 0 radical (unpaired) electrons. The lowest BCUT2D eigenvalue weighted by atomic mass is 10.2. The lowest BCUT2D eigenvalue weighted by Gasteiger charge is -2.26. The molecule has 0 atom stereocenters. The zero-order valence-electron chi connectivity index (χ0n) is 17.2. The molecule has 1 aliphatic heterocycles. The molecule has 8 nitrogen and oxygen atoms in total. The molecule has 2 heterocycles. The molecular formula is C21H28N4O4. The van der Waals surface area contributed by atoms with E-state index < -0.39 is 11.7 Å². The molecule has 0 bridgehead atoms. The standard InChI is InChI=1S/C21H28N4O4/c1-21(2,3)29-20(26)24-18-7-8-22-19(23-18)16-5-4-6-17(15-16)28-14-11-25-9-12-27-13-10-25/h4-8,15H,9-14H2,1-3H3,(H,22,23,24,26). The first-order valence-electron chi connectivity index (χ1n) is 9.75. The number of carbonyl (C=O) groups excluding carboxylic acids is 1. The van der Waals surface area contributed by atoms with Crippen molar-refractivity contribution >= 4 is 11.9 Å². The smallest absolute Gasteiger partial charge is 0.413 e. The maximum Gasteiger partial charge on any atom is 0.413 e. The van der Waals surface area contributed by atoms with E-state index in [1.54, 1.807) is 12.3 Å². The van der Waals surface area contributed by atoms with Crippen LogP contribution in [0.2, 0.25) is 0 Å². The van der Waals surface area contributed by atoms with Crippen molar-refractivity contribution in [2.45, 2.75) is 26.4 Å². The number of amides is 1. The minimum absolute atomic E-state index is 0.378. The Morgan fingerprint density at radius 1 is 1.24 bits per heavy atom. The van der Waals surface area contributed by atoms with Gasteiger partial charge in [-0.1, -0.05) is 12.1 Å². The van der Waals surface area contributed by atoms with E-state index in [4.69, 9.17) is 14.2 Å². The third-order valence-electron chi connectivity index (χ3n) is 4.16. The second-order valence-corrected chi connectivity index (χ2v) is 7.72. The lowest BCUT2D eigenvalue weighted by Crippen LogP contribution is -2.38. The molecule has 0 aliphatic carbocycles. The first kappa shape index (κ1) is 21.0. The highest BCUT2D eigenvalue weighted by Crippen LogP contribution is 2.22. The number of nitrogens with zero attached hydrogens (tertiary/aromatic N) is 3. The van der Waals surface area contributed by atoms with Crippen molar-refractivity contribution in [1.82, 2.24) is 14.9 Å². The molecule has 0 saturated carbocycles. The molecule has 1 N–H and O–H groups in total. The number of nitrogens with one attached hydrogen (secondary N) is 1. The molecule has 3 rings (SSSR count). The van der Waals surface area contributed by atoms with Gasteiger partial charge in [-0.25, -0.2) is 14.8 Å². The molecule has 2 aromatic rings. The van der Waals surface area contributed by atoms with Crippen molar-refractivity contribution < 1.29 is 19.0 Å². The average Bonchev–Trinajstić information content (AvgIpc) is 2.68. The van der Waals surface area contributed by atoms with Gasteiger partial charge in [-0.3, -0.25) is 10.2 Å². The van der Waals surface area contributed by atoms with E-state index in [-0.39, 0.29) is 0 Å². The molecule has 1 aromatic heterocycles. The van der Waals surface area contributed by atoms with Gasteiger partial charge in [-0.05, 0) is 39.0 Å². The van der Waals surface area contributed by atoms with Gasteiger partial charge in [0.2, 0.25) is 0 Å². The number of ether oxygens (including phenoxy) is 3. The summed E-state index contributed by atoms with van der Waals surface area (Å²) in [7, 11) is 0. The lowest BCUT2D eigenvalue weighted by molar-refractivity contribution is 0.0322. The largest absolute Gasteiger partial charge is 0.492 e. The Bertz CT molecular complexity index is 816. The fourth-order valence-electron chi connectivity index (χ4n) is 2.82. The van der Waals surface area contributed by atoms with Crippen molar-refractivity contribution in [3.63, 3.8) is 0 Å². The predicted molar refractivity (Wildman–Crippen MR) is 110 cm³/mol. The predicted octanol–water partition coefficient (Wildman–Crippen LogP) is 3.20. The zero-order valence-corrected chi connectivity index (χ0v) is 17.2. The van der Waals surface area contributed by atoms with Crippen LogP contribution in [0.25, 0.3) is 11.4 Å². The van der Waals surface area contributed by atoms with E-state index in [0.29, 0.717) is 18.2 Å². The third-order valence-corrected chi connectivity index (χ3v) is 4.16. The minimum Gasteiger partial charge on any atom is -0.492 e. The molecular weight excluding hydrogens is 372 g/mol. The Kier molecular flexibility index (Phi) is 7.00. The maximum atomic E-state index is 12.0. The van der Waals surface area contributed by atoms with Crippen LogP contribution in [-0.4, -0.2) is 66.0 Å². The summed E-state index contributed by atoms with van der Waals surface area (Å²) in [5.41, 5.74) is 0.231. The van der Waals surface area contributed by atoms with Gasteiger partial charge in [0.15, 0.2) is 5.82 Å². The van der Waals surface area contributed by atoms with Gasteiger partial charge in [0.05, 0.1) is 13.2 Å². The highest BCUT2D eigenvalue weighted by molar-refractivity contribution is 5.83. The Hall–Kier alpha value is -2.71. The summed E-state index contributed by atoms with van der Waals surface area (Å²) in [6.07, 6.45) is 1.04. The van der Waals surface area contributed by atoms with Crippen LogP contribution in [0.4, 0.5) is 10.6 Å². The number of morpholine rings is 1. The molecule has 1 aromatic carbocycles. The number of hydrogen-bond acceptors (Lipinski definition) is 7. The first-order valence-corrected chi connectivity index (χ1v) is 9.75. The second-order valence-electron chi connectivity index (χ2n) is 7.72. The number of benzene rings is 1. The van der Waals surface area contributed by atoms with Gasteiger partial charge in [-0.15, -0.1) is 0 Å². The van der Waals surface area contributed by atoms with Crippen molar-refractivity contribution in [1.29, 1.82) is 0 Å². The molecule has 0 spiro atoms. The summed E-state index contributed by atoms with van der Waals surface area (Å²) in [4.78, 5) is 23.0. The molecule has 29 heavy (non-hydrogen) atoms. The van der Waals surface area contributed by atoms with Crippen LogP contribution in [0.5, 0.6) is 5.75 Å². The Morgan fingerprint density at radius 2 is 2.03 bits per heavy atom. The van der Waals surface area contributed by atoms with Gasteiger partial charge in [0, 0.05) is 31.4 Å². The van der Waals surface area contributed by atoms with E-state index in [2.05, 4.69) is 20.2 Å². The quantitative estimate of drug-likeness (QED) is 0.797. The van der Waals surface area contributed by atoms with E-state index >= 15 is 0 Å². The first-order chi connectivity index (χ1) is 13.9. The Balaban J connectivity index is 1.60. The van der Waals surface area contributed by atoms with Crippen LogP contribution in [0.15, 0.2) is 36.5 Å². The van der Waals surface area contributed by atoms with Crippen LogP contribution in [0, 0.1) is 0 Å². The zero-order chi connectivity index (χ0) is 20.7. The van der Waals surface area contributed by atoms with Crippen LogP contribution in [-0.2, 0) is 9.47 Å². The fourth-order valence-corrected chi connectivity index (χ4v) is 2.82. The van der Waals surface area contributed by atoms with Crippen LogP contribution >= 0.6 is 0 Å². The number of rotatable bonds is 6. The minimum atomic E-state index is -0.577. The monoisotopic (exact) mass is 400 g/mol. The van der Waals surface area contributed by atoms with Crippen molar-refractivity contribution in [2.75, 3.05) is 44.8 Å². The Morgan fingerprint density at radius 3 is 2.79 bits per heavy atom. The number of aromatic nitrogens is 2. The summed E-state index contributed by atoms with van der Waals surface area (Å²) in [6, 6.07) is 9.23. The van der Waals surface area contributed by atoms with Crippen LogP contribution in [0.1, 0.15) is 20.8 Å². The number of hydrogen-bond donors (Lipinski definition) is 1. The van der Waals surface area contributed by atoms with Crippen molar-refractivity contribution in [3.8, 4) is 17.1 Å². The maximum absolute atomic E-state index is 12.0. The van der Waals surface area contributed by atoms with Gasteiger partial charge < -0.3 is 14.2 Å². The summed E-state index contributed by atoms with van der Waals surface area (Å²) in [6.45, 7) is 10.3. The normalized spacial score (nSPS) is 15.0. The molecule has 1 amide bonds. The van der Waals surface area contributed by atoms with Crippen molar-refractivity contribution in [3.05, 3.63) is 36.5 Å². The van der Waals surface area contributed by atoms with E-state index in [9.17, 15) is 4.79 Å². The van der Waals surface area contributed by atoms with Crippen LogP contribution < -0.4 is 10.1 Å². The highest BCUT2D eigenvalue weighted by atomic mass is 16.6. The molecule has 1 saturated heterocycles. The average molecular weight is 400 g/mol. The number of anilines is 1. The molecule has 8 heteroatoms. The fraction of sp³-hybridized carbons (Fsp3) is 0.476. The van der Waals surface area contributed by atoms with E-state index in [1.165, 1.54) is 0 Å². The summed E-state index contributed by atoms with van der Waals surface area (Å²) >= 11 is 0. The van der Waals surface area contributed by atoms with Gasteiger partial charge >= 0.3 is 6.09 Å². The van der Waals surface area contributed by atoms with Crippen LogP contribution in [0.3, 0.4) is 0 Å². The van der Waals surface area contributed by atoms with Gasteiger partial charge in [0.1, 0.15) is 23.8 Å². The van der Waals surface area contributed by atoms with E-state index in [0.717, 1.165) is 44.2 Å². The summed E-state index contributed by atoms with van der Waals surface area (Å²) in [5, 5.41) is 2.63. The molecule has 1 aliphatic rings. The molecule has 1 fully saturated rings. The van der Waals surface area contributed by atoms with Crippen molar-refractivity contribution in [2.24, 2.45) is 0 Å². The van der Waals surface area contributed by atoms with Gasteiger partial charge in [-0.2, -0.15) is 0 Å². The summed E-state index contributed by atoms with van der Waals surface area (Å²) < 4.78 is 16.5. The summed E-state index contributed by atoms with van der Waals surface area (Å²) in [5.74, 6) is 1.63. The highest BCUT2D eigenvalue weighted by Gasteiger charge is 2.17. The number of carbonyl (C=O) groups is 1. The second kappa shape index (κ2) is 9.67. The Labute approximate surface area is 171 Å². The van der Waals surface area contributed by atoms with E-state index in [1.807, 2.05) is 45.0 Å². The molecule has 156 valence electrons. The topological polar surface area (TPSA) is 85.8 Å². The molecule has 0 unspecified atom stereocenters. The van der Waals surface area contributed by atoms with Gasteiger partial charge in [0.25, 0.3) is 0 Å². The SMILES string of the molecule is CC(C)(C)OC(=O)Nc1ccnc(-c2cccc(OCCN3CCOCC3)c2)n1. The third kappa shape index (κ3) is 6.99.